The van der Waals surface area contributed by atoms with Gasteiger partial charge in [-0.25, -0.2) is 4.79 Å². The van der Waals surface area contributed by atoms with Crippen LogP contribution in [0, 0.1) is 0 Å². The van der Waals surface area contributed by atoms with Crippen molar-refractivity contribution >= 4 is 11.9 Å². The lowest BCUT2D eigenvalue weighted by molar-refractivity contribution is -0.122. The highest BCUT2D eigenvalue weighted by atomic mass is 16.6. The van der Waals surface area contributed by atoms with Gasteiger partial charge in [0, 0.05) is 6.54 Å². The van der Waals surface area contributed by atoms with E-state index in [-0.39, 0.29) is 18.0 Å². The Hall–Kier alpha value is -2.44. The highest BCUT2D eigenvalue weighted by molar-refractivity contribution is 5.87. The van der Waals surface area contributed by atoms with Gasteiger partial charge in [0.1, 0.15) is 19.3 Å². The summed E-state index contributed by atoms with van der Waals surface area (Å²) in [4.78, 5) is 24.1. The van der Waals surface area contributed by atoms with Gasteiger partial charge in [0.2, 0.25) is 5.91 Å². The molecule has 1 aromatic carbocycles. The molecule has 3 rings (SSSR count). The molecule has 0 saturated carbocycles. The molecule has 2 heterocycles. The zero-order valence-electron chi connectivity index (χ0n) is 13.8. The number of carbonyl (C=O) groups excluding carboxylic acids is 2. The molecule has 7 nitrogen and oxygen atoms in total. The molecule has 0 unspecified atom stereocenters. The first-order chi connectivity index (χ1) is 11.6. The normalized spacial score (nSPS) is 21.2. The third-order valence-electron chi connectivity index (χ3n) is 4.25. The van der Waals surface area contributed by atoms with Crippen molar-refractivity contribution in [3.05, 3.63) is 23.8 Å². The molecule has 0 radical (unpaired) electrons. The van der Waals surface area contributed by atoms with Gasteiger partial charge in [0.25, 0.3) is 0 Å². The molecular weight excluding hydrogens is 310 g/mol. The first-order valence-electron chi connectivity index (χ1n) is 8.38. The SMILES string of the molecule is C[C@H](NC(=O)N[C@H]1CCCCNC1=O)c1ccc2c(c1)OCCO2. The highest BCUT2D eigenvalue weighted by Crippen LogP contribution is 2.32. The van der Waals surface area contributed by atoms with Crippen molar-refractivity contribution in [2.45, 2.75) is 38.3 Å². The van der Waals surface area contributed by atoms with E-state index in [1.165, 1.54) is 0 Å². The summed E-state index contributed by atoms with van der Waals surface area (Å²) >= 11 is 0. The minimum absolute atomic E-state index is 0.116. The fraction of sp³-hybridized carbons (Fsp3) is 0.529. The molecule has 1 aromatic rings. The van der Waals surface area contributed by atoms with E-state index in [9.17, 15) is 9.59 Å². The second-order valence-electron chi connectivity index (χ2n) is 6.08. The third kappa shape index (κ3) is 3.90. The van der Waals surface area contributed by atoms with Crippen LogP contribution < -0.4 is 25.4 Å². The number of carbonyl (C=O) groups is 2. The van der Waals surface area contributed by atoms with Crippen LogP contribution in [0.4, 0.5) is 4.79 Å². The minimum atomic E-state index is -0.472. The smallest absolute Gasteiger partial charge is 0.315 e. The summed E-state index contributed by atoms with van der Waals surface area (Å²) in [6, 6.07) is 4.59. The van der Waals surface area contributed by atoms with Crippen LogP contribution in [0.3, 0.4) is 0 Å². The lowest BCUT2D eigenvalue weighted by Gasteiger charge is -2.22. The van der Waals surface area contributed by atoms with Gasteiger partial charge in [-0.3, -0.25) is 4.79 Å². The molecule has 3 N–H and O–H groups in total. The summed E-state index contributed by atoms with van der Waals surface area (Å²) in [7, 11) is 0. The molecule has 0 spiro atoms. The molecule has 2 atom stereocenters. The molecule has 1 saturated heterocycles. The average molecular weight is 333 g/mol. The summed E-state index contributed by atoms with van der Waals surface area (Å²) < 4.78 is 11.1. The summed E-state index contributed by atoms with van der Waals surface area (Å²) in [6.07, 6.45) is 2.53. The molecular formula is C17H23N3O4. The molecule has 2 aliphatic rings. The van der Waals surface area contributed by atoms with E-state index in [4.69, 9.17) is 9.47 Å². The molecule has 1 fully saturated rings. The molecule has 0 aromatic heterocycles. The van der Waals surface area contributed by atoms with Crippen molar-refractivity contribution < 1.29 is 19.1 Å². The van der Waals surface area contributed by atoms with Gasteiger partial charge < -0.3 is 25.4 Å². The van der Waals surface area contributed by atoms with Crippen LogP contribution in [0.1, 0.15) is 37.8 Å². The molecule has 2 aliphatic heterocycles. The van der Waals surface area contributed by atoms with Gasteiger partial charge >= 0.3 is 6.03 Å². The van der Waals surface area contributed by atoms with Crippen molar-refractivity contribution in [1.29, 1.82) is 0 Å². The van der Waals surface area contributed by atoms with E-state index in [1.807, 2.05) is 25.1 Å². The summed E-state index contributed by atoms with van der Waals surface area (Å²) in [5, 5.41) is 8.43. The van der Waals surface area contributed by atoms with E-state index in [2.05, 4.69) is 16.0 Å². The van der Waals surface area contributed by atoms with Crippen LogP contribution in [0.2, 0.25) is 0 Å². The summed E-state index contributed by atoms with van der Waals surface area (Å²) in [5.74, 6) is 1.29. The van der Waals surface area contributed by atoms with Crippen molar-refractivity contribution in [2.24, 2.45) is 0 Å². The maximum atomic E-state index is 12.2. The predicted octanol–water partition coefficient (Wildman–Crippen LogP) is 1.49. The Bertz CT molecular complexity index is 620. The Morgan fingerprint density at radius 3 is 2.88 bits per heavy atom. The van der Waals surface area contributed by atoms with E-state index in [0.717, 1.165) is 24.2 Å². The summed E-state index contributed by atoms with van der Waals surface area (Å²) in [6.45, 7) is 3.63. The molecule has 24 heavy (non-hydrogen) atoms. The van der Waals surface area contributed by atoms with Crippen LogP contribution in [-0.2, 0) is 4.79 Å². The third-order valence-corrected chi connectivity index (χ3v) is 4.25. The van der Waals surface area contributed by atoms with Gasteiger partial charge in [0.15, 0.2) is 11.5 Å². The largest absolute Gasteiger partial charge is 0.486 e. The van der Waals surface area contributed by atoms with Gasteiger partial charge in [-0.15, -0.1) is 0 Å². The lowest BCUT2D eigenvalue weighted by Crippen LogP contribution is -2.49. The second-order valence-corrected chi connectivity index (χ2v) is 6.08. The van der Waals surface area contributed by atoms with E-state index in [0.29, 0.717) is 31.9 Å². The molecule has 0 bridgehead atoms. The van der Waals surface area contributed by atoms with Crippen LogP contribution >= 0.6 is 0 Å². The molecule has 0 aliphatic carbocycles. The molecule has 3 amide bonds. The van der Waals surface area contributed by atoms with Crippen molar-refractivity contribution in [3.63, 3.8) is 0 Å². The number of amides is 3. The van der Waals surface area contributed by atoms with E-state index in [1.54, 1.807) is 0 Å². The van der Waals surface area contributed by atoms with Crippen LogP contribution in [0.15, 0.2) is 18.2 Å². The molecule has 130 valence electrons. The number of ether oxygens (including phenoxy) is 2. The fourth-order valence-electron chi connectivity index (χ4n) is 2.89. The van der Waals surface area contributed by atoms with Gasteiger partial charge in [0.05, 0.1) is 6.04 Å². The Morgan fingerprint density at radius 1 is 1.25 bits per heavy atom. The monoisotopic (exact) mass is 333 g/mol. The van der Waals surface area contributed by atoms with Gasteiger partial charge in [-0.1, -0.05) is 6.07 Å². The first-order valence-corrected chi connectivity index (χ1v) is 8.38. The number of rotatable bonds is 3. The van der Waals surface area contributed by atoms with Crippen LogP contribution in [0.25, 0.3) is 0 Å². The maximum Gasteiger partial charge on any atom is 0.315 e. The average Bonchev–Trinajstić information content (AvgIpc) is 2.79. The topological polar surface area (TPSA) is 88.7 Å². The van der Waals surface area contributed by atoms with Crippen molar-refractivity contribution in [1.82, 2.24) is 16.0 Å². The Morgan fingerprint density at radius 2 is 2.04 bits per heavy atom. The zero-order valence-corrected chi connectivity index (χ0v) is 13.8. The van der Waals surface area contributed by atoms with Crippen molar-refractivity contribution in [3.8, 4) is 11.5 Å². The Labute approximate surface area is 141 Å². The van der Waals surface area contributed by atoms with E-state index < -0.39 is 6.04 Å². The zero-order chi connectivity index (χ0) is 16.9. The maximum absolute atomic E-state index is 12.2. The number of fused-ring (bicyclic) bond motifs is 1. The number of benzene rings is 1. The number of hydrogen-bond donors (Lipinski definition) is 3. The first kappa shape index (κ1) is 16.4. The van der Waals surface area contributed by atoms with Crippen LogP contribution in [0.5, 0.6) is 11.5 Å². The van der Waals surface area contributed by atoms with Gasteiger partial charge in [-0.2, -0.15) is 0 Å². The second kappa shape index (κ2) is 7.42. The molecule has 7 heteroatoms. The standard InChI is InChI=1S/C17H23N3O4/c1-11(12-5-6-14-15(10-12)24-9-8-23-14)19-17(22)20-13-4-2-3-7-18-16(13)21/h5-6,10-11,13H,2-4,7-9H2,1H3,(H,18,21)(H2,19,20,22)/t11-,13-/m0/s1. The fourth-order valence-corrected chi connectivity index (χ4v) is 2.89. The Kier molecular flexibility index (Phi) is 5.08. The number of nitrogens with one attached hydrogen (secondary N) is 3. The number of hydrogen-bond acceptors (Lipinski definition) is 4. The lowest BCUT2D eigenvalue weighted by atomic mass is 10.1. The van der Waals surface area contributed by atoms with Crippen LogP contribution in [-0.4, -0.2) is 37.7 Å². The van der Waals surface area contributed by atoms with Crippen molar-refractivity contribution in [2.75, 3.05) is 19.8 Å². The quantitative estimate of drug-likeness (QED) is 0.782. The highest BCUT2D eigenvalue weighted by Gasteiger charge is 2.23. The van der Waals surface area contributed by atoms with E-state index >= 15 is 0 Å². The number of urea groups is 1. The van der Waals surface area contributed by atoms with Gasteiger partial charge in [-0.05, 0) is 43.9 Å². The predicted molar refractivity (Wildman–Crippen MR) is 88.2 cm³/mol. The Balaban J connectivity index is 1.58. The minimum Gasteiger partial charge on any atom is -0.486 e. The summed E-state index contributed by atoms with van der Waals surface area (Å²) in [5.41, 5.74) is 0.916.